The molecule has 5 rings (SSSR count). The molecule has 5 saturated heterocycles. The largest absolute Gasteiger partial charge is 0.342 e. The van der Waals surface area contributed by atoms with Crippen LogP contribution in [0.15, 0.2) is 0 Å². The van der Waals surface area contributed by atoms with E-state index in [4.69, 9.17) is 18.9 Å². The third-order valence-electron chi connectivity index (χ3n) is 7.88. The van der Waals surface area contributed by atoms with Gasteiger partial charge in [-0.2, -0.15) is 5.26 Å². The average molecular weight is 449 g/mol. The lowest BCUT2D eigenvalue weighted by atomic mass is 9.89. The summed E-state index contributed by atoms with van der Waals surface area (Å²) in [5, 5.41) is 12.7. The molecule has 1 unspecified atom stereocenters. The van der Waals surface area contributed by atoms with E-state index < -0.39 is 11.6 Å². The first kappa shape index (κ1) is 22.5. The Morgan fingerprint density at radius 3 is 2.53 bits per heavy atom. The molecule has 5 fully saturated rings. The molecule has 9 heteroatoms. The number of carbonyl (C=O) groups is 1. The van der Waals surface area contributed by atoms with Crippen LogP contribution in [-0.4, -0.2) is 96.0 Å². The first-order valence-electron chi connectivity index (χ1n) is 12.0. The minimum atomic E-state index is -0.739. The Balaban J connectivity index is 1.10. The zero-order valence-electron chi connectivity index (χ0n) is 19.6. The fraction of sp³-hybridized carbons (Fsp3) is 0.913. The monoisotopic (exact) mass is 448 g/mol. The molecule has 178 valence electrons. The maximum Gasteiger partial charge on any atom is 0.237 e. The van der Waals surface area contributed by atoms with Crippen LogP contribution >= 0.6 is 0 Å². The van der Waals surface area contributed by atoms with Gasteiger partial charge in [0.2, 0.25) is 5.91 Å². The van der Waals surface area contributed by atoms with Crippen LogP contribution in [0.25, 0.3) is 0 Å². The van der Waals surface area contributed by atoms with Crippen LogP contribution in [0.2, 0.25) is 0 Å². The summed E-state index contributed by atoms with van der Waals surface area (Å²) in [4.78, 5) is 16.7. The van der Waals surface area contributed by atoms with Gasteiger partial charge < -0.3 is 34.1 Å². The highest BCUT2D eigenvalue weighted by atomic mass is 16.8. The maximum absolute atomic E-state index is 12.6. The summed E-state index contributed by atoms with van der Waals surface area (Å²) >= 11 is 0. The van der Waals surface area contributed by atoms with Gasteiger partial charge in [0.15, 0.2) is 11.6 Å². The standard InChI is InChI=1S/C23H36N4O5/c1-21(2)30-19-18-16(29-23(4,31-18)20(19)32-21)14-26-10-7-22(3,8-11-26)25-13-17(28)27-9-5-6-15(27)12-24/h15-16,18-20,25H,5-11,13-14H2,1-4H3/t15-,16+,18-,19+,20+,23?/m0/s1. The number of carbonyl (C=O) groups excluding carboxylic acids is 1. The van der Waals surface area contributed by atoms with Gasteiger partial charge in [-0.1, -0.05) is 0 Å². The first-order chi connectivity index (χ1) is 15.1. The number of rotatable bonds is 5. The Morgan fingerprint density at radius 2 is 1.81 bits per heavy atom. The lowest BCUT2D eigenvalue weighted by molar-refractivity contribution is -0.237. The van der Waals surface area contributed by atoms with Gasteiger partial charge in [0, 0.05) is 18.6 Å². The van der Waals surface area contributed by atoms with E-state index in [-0.39, 0.29) is 41.9 Å². The number of nitrogens with one attached hydrogen (secondary N) is 1. The average Bonchev–Trinajstić information content (AvgIpc) is 3.47. The van der Waals surface area contributed by atoms with Crippen molar-refractivity contribution in [3.8, 4) is 6.07 Å². The lowest BCUT2D eigenvalue weighted by Gasteiger charge is -2.42. The minimum Gasteiger partial charge on any atom is -0.342 e. The van der Waals surface area contributed by atoms with Gasteiger partial charge in [-0.3, -0.25) is 4.79 Å². The number of amides is 1. The van der Waals surface area contributed by atoms with E-state index in [9.17, 15) is 10.1 Å². The van der Waals surface area contributed by atoms with Gasteiger partial charge in [-0.25, -0.2) is 0 Å². The molecule has 5 aliphatic heterocycles. The Labute approximate surface area is 190 Å². The van der Waals surface area contributed by atoms with Crippen molar-refractivity contribution in [3.63, 3.8) is 0 Å². The second-order valence-electron chi connectivity index (χ2n) is 10.9. The van der Waals surface area contributed by atoms with Crippen molar-refractivity contribution in [2.24, 2.45) is 0 Å². The molecular weight excluding hydrogens is 412 g/mol. The molecule has 0 aromatic carbocycles. The SMILES string of the molecule is CC1(NCC(=O)N2CCC[C@H]2C#N)CCN(C[C@H]2OC3(C)O[C@@H]2[C@H]2OC(C)(C)O[C@H]23)CC1. The van der Waals surface area contributed by atoms with E-state index in [1.54, 1.807) is 4.90 Å². The molecule has 5 heterocycles. The number of fused-ring (bicyclic) bond motifs is 5. The third kappa shape index (κ3) is 3.95. The Morgan fingerprint density at radius 1 is 1.06 bits per heavy atom. The number of piperidine rings is 1. The molecule has 0 radical (unpaired) electrons. The Hall–Kier alpha value is -1.28. The van der Waals surface area contributed by atoms with Crippen molar-refractivity contribution in [3.05, 3.63) is 0 Å². The van der Waals surface area contributed by atoms with Gasteiger partial charge in [0.25, 0.3) is 0 Å². The third-order valence-corrected chi connectivity index (χ3v) is 7.88. The summed E-state index contributed by atoms with van der Waals surface area (Å²) in [6.45, 7) is 11.7. The second-order valence-corrected chi connectivity index (χ2v) is 10.9. The van der Waals surface area contributed by atoms with Gasteiger partial charge in [0.1, 0.15) is 30.5 Å². The molecule has 0 aliphatic carbocycles. The van der Waals surface area contributed by atoms with Crippen LogP contribution in [0, 0.1) is 11.3 Å². The van der Waals surface area contributed by atoms with E-state index in [0.717, 1.165) is 45.3 Å². The van der Waals surface area contributed by atoms with Crippen LogP contribution in [0.3, 0.4) is 0 Å². The van der Waals surface area contributed by atoms with Crippen molar-refractivity contribution >= 4 is 5.91 Å². The first-order valence-corrected chi connectivity index (χ1v) is 12.0. The molecule has 0 spiro atoms. The number of nitriles is 1. The normalized spacial score (nSPS) is 42.2. The van der Waals surface area contributed by atoms with Crippen molar-refractivity contribution in [2.75, 3.05) is 32.7 Å². The molecule has 1 amide bonds. The fourth-order valence-corrected chi connectivity index (χ4v) is 5.98. The van der Waals surface area contributed by atoms with Crippen molar-refractivity contribution in [1.82, 2.24) is 15.1 Å². The smallest absolute Gasteiger partial charge is 0.237 e. The predicted octanol–water partition coefficient (Wildman–Crippen LogP) is 0.979. The molecule has 2 bridgehead atoms. The number of likely N-dealkylation sites (tertiary alicyclic amines) is 2. The van der Waals surface area contributed by atoms with Crippen molar-refractivity contribution < 1.29 is 23.7 Å². The van der Waals surface area contributed by atoms with Crippen LogP contribution in [0.1, 0.15) is 53.4 Å². The zero-order chi connectivity index (χ0) is 22.7. The quantitative estimate of drug-likeness (QED) is 0.665. The second kappa shape index (κ2) is 7.90. The molecule has 0 saturated carbocycles. The van der Waals surface area contributed by atoms with E-state index in [1.807, 2.05) is 20.8 Å². The molecule has 1 N–H and O–H groups in total. The number of hydrogen-bond acceptors (Lipinski definition) is 8. The van der Waals surface area contributed by atoms with E-state index in [1.165, 1.54) is 0 Å². The van der Waals surface area contributed by atoms with Gasteiger partial charge >= 0.3 is 0 Å². The highest BCUT2D eigenvalue weighted by Gasteiger charge is 2.68. The van der Waals surface area contributed by atoms with Crippen LogP contribution in [-0.2, 0) is 23.7 Å². The fourth-order valence-electron chi connectivity index (χ4n) is 5.98. The minimum absolute atomic E-state index is 0.0317. The molecule has 0 aromatic rings. The predicted molar refractivity (Wildman–Crippen MR) is 114 cm³/mol. The van der Waals surface area contributed by atoms with Crippen molar-refractivity contribution in [1.29, 1.82) is 5.26 Å². The van der Waals surface area contributed by atoms with E-state index in [0.29, 0.717) is 13.1 Å². The lowest BCUT2D eigenvalue weighted by Crippen LogP contribution is -2.57. The topological polar surface area (TPSA) is 96.3 Å². The molecule has 32 heavy (non-hydrogen) atoms. The maximum atomic E-state index is 12.6. The van der Waals surface area contributed by atoms with E-state index in [2.05, 4.69) is 23.2 Å². The summed E-state index contributed by atoms with van der Waals surface area (Å²) in [5.74, 6) is -1.30. The van der Waals surface area contributed by atoms with Crippen LogP contribution < -0.4 is 5.32 Å². The van der Waals surface area contributed by atoms with E-state index >= 15 is 0 Å². The molecule has 5 aliphatic rings. The van der Waals surface area contributed by atoms with Gasteiger partial charge in [0.05, 0.1) is 12.6 Å². The Bertz CT molecular complexity index is 792. The molecule has 6 atom stereocenters. The summed E-state index contributed by atoms with van der Waals surface area (Å²) in [7, 11) is 0. The highest BCUT2D eigenvalue weighted by Crippen LogP contribution is 2.51. The summed E-state index contributed by atoms with van der Waals surface area (Å²) in [5.41, 5.74) is -0.0798. The number of ether oxygens (including phenoxy) is 4. The van der Waals surface area contributed by atoms with Crippen LogP contribution in [0.4, 0.5) is 0 Å². The van der Waals surface area contributed by atoms with Crippen LogP contribution in [0.5, 0.6) is 0 Å². The molecular formula is C23H36N4O5. The molecule has 0 aromatic heterocycles. The van der Waals surface area contributed by atoms with Crippen molar-refractivity contribution in [2.45, 2.75) is 101 Å². The van der Waals surface area contributed by atoms with Gasteiger partial charge in [-0.15, -0.1) is 0 Å². The zero-order valence-corrected chi connectivity index (χ0v) is 19.6. The number of hydrogen-bond donors (Lipinski definition) is 1. The molecule has 9 nitrogen and oxygen atoms in total. The summed E-state index contributed by atoms with van der Waals surface area (Å²) < 4.78 is 24.6. The highest BCUT2D eigenvalue weighted by molar-refractivity contribution is 5.79. The van der Waals surface area contributed by atoms with Gasteiger partial charge in [-0.05, 0) is 66.5 Å². The summed E-state index contributed by atoms with van der Waals surface area (Å²) in [6, 6.07) is 1.99. The summed E-state index contributed by atoms with van der Waals surface area (Å²) in [6.07, 6.45) is 3.21. The number of nitrogens with zero attached hydrogens (tertiary/aromatic N) is 3. The Kier molecular flexibility index (Phi) is 5.55.